The lowest BCUT2D eigenvalue weighted by Crippen LogP contribution is -2.42. The Balaban J connectivity index is 1.31. The predicted octanol–water partition coefficient (Wildman–Crippen LogP) is 4.55. The Morgan fingerprint density at radius 3 is 2.46 bits per heavy atom. The van der Waals surface area contributed by atoms with Crippen LogP contribution < -0.4 is 10.0 Å². The number of imidazole rings is 1. The molecule has 0 amide bonds. The van der Waals surface area contributed by atoms with E-state index in [0.717, 1.165) is 24.2 Å². The Labute approximate surface area is 217 Å². The van der Waals surface area contributed by atoms with Crippen molar-refractivity contribution in [3.05, 3.63) is 97.0 Å². The van der Waals surface area contributed by atoms with Gasteiger partial charge in [-0.15, -0.1) is 0 Å². The van der Waals surface area contributed by atoms with Gasteiger partial charge >= 0.3 is 0 Å². The third kappa shape index (κ3) is 7.19. The molecule has 0 spiro atoms. The summed E-state index contributed by atoms with van der Waals surface area (Å²) < 4.78 is 29.8. The van der Waals surface area contributed by atoms with Crippen molar-refractivity contribution in [2.75, 3.05) is 11.3 Å². The molecule has 0 aliphatic heterocycles. The molecule has 0 saturated carbocycles. The second kappa shape index (κ2) is 11.2. The average Bonchev–Trinajstić information content (AvgIpc) is 3.36. The smallest absolute Gasteiger partial charge is 0.261 e. The Kier molecular flexibility index (Phi) is 7.97. The van der Waals surface area contributed by atoms with Crippen LogP contribution in [0.4, 0.5) is 5.69 Å². The number of benzene rings is 3. The van der Waals surface area contributed by atoms with Crippen molar-refractivity contribution in [2.45, 2.75) is 43.4 Å². The lowest BCUT2D eigenvalue weighted by molar-refractivity contribution is 0.158. The summed E-state index contributed by atoms with van der Waals surface area (Å²) in [5.74, 6) is 0.221. The number of hydrogen-bond donors (Lipinski definition) is 4. The molecule has 0 bridgehead atoms. The molecule has 1 aromatic heterocycles. The molecule has 0 saturated heterocycles. The highest BCUT2D eigenvalue weighted by Gasteiger charge is 2.20. The summed E-state index contributed by atoms with van der Waals surface area (Å²) in [4.78, 5) is 4.63. The minimum absolute atomic E-state index is 0.178. The maximum Gasteiger partial charge on any atom is 0.261 e. The van der Waals surface area contributed by atoms with Crippen LogP contribution in [0.2, 0.25) is 0 Å². The summed E-state index contributed by atoms with van der Waals surface area (Å²) in [7, 11) is -3.71. The van der Waals surface area contributed by atoms with Gasteiger partial charge in [0.05, 0.1) is 23.0 Å². The van der Waals surface area contributed by atoms with Crippen LogP contribution >= 0.6 is 0 Å². The summed E-state index contributed by atoms with van der Waals surface area (Å²) in [6.45, 7) is 5.19. The van der Waals surface area contributed by atoms with E-state index in [1.54, 1.807) is 60.9 Å². The maximum atomic E-state index is 12.6. The van der Waals surface area contributed by atoms with Crippen LogP contribution in [0.25, 0.3) is 11.3 Å². The Bertz CT molecular complexity index is 1420. The van der Waals surface area contributed by atoms with E-state index in [-0.39, 0.29) is 16.2 Å². The Hall–Kier alpha value is -3.66. The first kappa shape index (κ1) is 26.4. The number of phenolic OH excluding ortho intramolecular Hbond substituents is 1. The number of aromatic nitrogens is 2. The molecule has 0 aliphatic carbocycles. The van der Waals surface area contributed by atoms with Crippen molar-refractivity contribution in [1.29, 1.82) is 0 Å². The van der Waals surface area contributed by atoms with Gasteiger partial charge in [0.25, 0.3) is 10.0 Å². The fourth-order valence-electron chi connectivity index (χ4n) is 3.87. The number of nitrogens with zero attached hydrogens (tertiary/aromatic N) is 2. The monoisotopic (exact) mass is 520 g/mol. The molecule has 3 aromatic carbocycles. The second-order valence-electron chi connectivity index (χ2n) is 9.62. The van der Waals surface area contributed by atoms with Crippen molar-refractivity contribution in [1.82, 2.24) is 14.9 Å². The number of phenols is 1. The summed E-state index contributed by atoms with van der Waals surface area (Å²) in [6.07, 6.45) is 3.74. The largest absolute Gasteiger partial charge is 0.508 e. The summed E-state index contributed by atoms with van der Waals surface area (Å²) in [6, 6.07) is 21.9. The van der Waals surface area contributed by atoms with Gasteiger partial charge in [0.1, 0.15) is 5.75 Å². The Morgan fingerprint density at radius 2 is 1.73 bits per heavy atom. The van der Waals surface area contributed by atoms with Gasteiger partial charge in [-0.2, -0.15) is 0 Å². The molecule has 8 nitrogen and oxygen atoms in total. The summed E-state index contributed by atoms with van der Waals surface area (Å²) in [5, 5.41) is 23.7. The van der Waals surface area contributed by atoms with Crippen LogP contribution in [-0.2, 0) is 16.6 Å². The van der Waals surface area contributed by atoms with E-state index >= 15 is 0 Å². The van der Waals surface area contributed by atoms with Crippen LogP contribution in [-0.4, -0.2) is 40.3 Å². The molecule has 1 atom stereocenters. The summed E-state index contributed by atoms with van der Waals surface area (Å²) >= 11 is 0. The molecule has 37 heavy (non-hydrogen) atoms. The highest BCUT2D eigenvalue weighted by atomic mass is 32.2. The predicted molar refractivity (Wildman–Crippen MR) is 145 cm³/mol. The number of β-amino-alcohol motifs (C(OH)–C–C–N with tert-alkyl or cyclic N) is 1. The van der Waals surface area contributed by atoms with E-state index in [4.69, 9.17) is 0 Å². The topological polar surface area (TPSA) is 116 Å². The van der Waals surface area contributed by atoms with Gasteiger partial charge < -0.3 is 20.1 Å². The molecule has 0 radical (unpaired) electrons. The number of nitrogens with one attached hydrogen (secondary N) is 2. The van der Waals surface area contributed by atoms with E-state index < -0.39 is 16.1 Å². The number of anilines is 1. The van der Waals surface area contributed by atoms with E-state index in [1.165, 1.54) is 12.1 Å². The average molecular weight is 521 g/mol. The lowest BCUT2D eigenvalue weighted by Gasteiger charge is -2.28. The minimum Gasteiger partial charge on any atom is -0.508 e. The fraction of sp³-hybridized carbons (Fsp3) is 0.250. The zero-order valence-corrected chi connectivity index (χ0v) is 21.7. The highest BCUT2D eigenvalue weighted by Crippen LogP contribution is 2.23. The van der Waals surface area contributed by atoms with Crippen molar-refractivity contribution >= 4 is 15.7 Å². The number of aliphatic hydroxyl groups is 1. The zero-order chi connectivity index (χ0) is 26.5. The van der Waals surface area contributed by atoms with Crippen molar-refractivity contribution in [3.63, 3.8) is 0 Å². The van der Waals surface area contributed by atoms with E-state index in [9.17, 15) is 18.6 Å². The maximum absolute atomic E-state index is 12.6. The van der Waals surface area contributed by atoms with Gasteiger partial charge in [0.15, 0.2) is 0 Å². The second-order valence-corrected chi connectivity index (χ2v) is 11.3. The Morgan fingerprint density at radius 1 is 1.00 bits per heavy atom. The van der Waals surface area contributed by atoms with Gasteiger partial charge in [0.2, 0.25) is 0 Å². The van der Waals surface area contributed by atoms with Gasteiger partial charge in [-0.3, -0.25) is 4.72 Å². The van der Waals surface area contributed by atoms with Crippen LogP contribution in [0.15, 0.2) is 96.3 Å². The molecule has 4 aromatic rings. The van der Waals surface area contributed by atoms with E-state index in [2.05, 4.69) is 28.9 Å². The standard InChI is InChI=1S/C28H32N4O4S/c1-28(2,15-16-32-19-26(29-20-32)21-11-13-24(33)14-12-21)30-18-27(34)22-7-6-8-23(17-22)31-37(35,36)25-9-4-3-5-10-25/h3-14,17,19-20,27,30-31,33-34H,15-16,18H2,1-2H3. The number of rotatable bonds is 11. The molecule has 9 heteroatoms. The number of hydrogen-bond acceptors (Lipinski definition) is 6. The van der Waals surface area contributed by atoms with Crippen LogP contribution in [0, 0.1) is 0 Å². The minimum atomic E-state index is -3.71. The van der Waals surface area contributed by atoms with Gasteiger partial charge in [-0.25, -0.2) is 13.4 Å². The van der Waals surface area contributed by atoms with E-state index in [1.807, 2.05) is 22.9 Å². The van der Waals surface area contributed by atoms with Gasteiger partial charge in [0, 0.05) is 36.1 Å². The molecule has 1 heterocycles. The molecule has 1 unspecified atom stereocenters. The zero-order valence-electron chi connectivity index (χ0n) is 20.9. The number of aryl methyl sites for hydroxylation is 1. The lowest BCUT2D eigenvalue weighted by atomic mass is 9.99. The van der Waals surface area contributed by atoms with Crippen LogP contribution in [0.3, 0.4) is 0 Å². The first-order valence-corrected chi connectivity index (χ1v) is 13.5. The first-order valence-electron chi connectivity index (χ1n) is 12.0. The van der Waals surface area contributed by atoms with Gasteiger partial charge in [-0.05, 0) is 74.4 Å². The molecule has 194 valence electrons. The van der Waals surface area contributed by atoms with Crippen LogP contribution in [0.5, 0.6) is 5.75 Å². The molecule has 0 aliphatic rings. The third-order valence-electron chi connectivity index (χ3n) is 6.14. The SMILES string of the molecule is CC(C)(CCn1cnc(-c2ccc(O)cc2)c1)NCC(O)c1cccc(NS(=O)(=O)c2ccccc2)c1. The summed E-state index contributed by atoms with van der Waals surface area (Å²) in [5.41, 5.74) is 2.51. The van der Waals surface area contributed by atoms with Gasteiger partial charge in [-0.1, -0.05) is 30.3 Å². The normalized spacial score (nSPS) is 12.8. The molecular formula is C28H32N4O4S. The number of sulfonamides is 1. The van der Waals surface area contributed by atoms with Crippen molar-refractivity contribution < 1.29 is 18.6 Å². The highest BCUT2D eigenvalue weighted by molar-refractivity contribution is 7.92. The third-order valence-corrected chi connectivity index (χ3v) is 7.54. The number of aromatic hydroxyl groups is 1. The van der Waals surface area contributed by atoms with Crippen molar-refractivity contribution in [2.24, 2.45) is 0 Å². The fourth-order valence-corrected chi connectivity index (χ4v) is 4.95. The molecule has 4 N–H and O–H groups in total. The molecule has 0 fully saturated rings. The molecular weight excluding hydrogens is 488 g/mol. The van der Waals surface area contributed by atoms with Crippen LogP contribution in [0.1, 0.15) is 31.9 Å². The number of aliphatic hydroxyl groups excluding tert-OH is 1. The van der Waals surface area contributed by atoms with E-state index in [0.29, 0.717) is 17.8 Å². The van der Waals surface area contributed by atoms with Crippen molar-refractivity contribution in [3.8, 4) is 17.0 Å². The first-order chi connectivity index (χ1) is 17.6. The molecule has 4 rings (SSSR count). The quantitative estimate of drug-likeness (QED) is 0.231.